The zero-order valence-corrected chi connectivity index (χ0v) is 14.2. The van der Waals surface area contributed by atoms with Crippen molar-refractivity contribution in [3.05, 3.63) is 72.6 Å². The first kappa shape index (κ1) is 15.7. The summed E-state index contributed by atoms with van der Waals surface area (Å²) in [6.07, 6.45) is 3.71. The smallest absolute Gasteiger partial charge is 0.119 e. The first-order chi connectivity index (χ1) is 12.7. The highest BCUT2D eigenvalue weighted by molar-refractivity contribution is 5.97. The number of hydrogen-bond donors (Lipinski definition) is 1. The van der Waals surface area contributed by atoms with Gasteiger partial charge in [0.05, 0.1) is 30.0 Å². The summed E-state index contributed by atoms with van der Waals surface area (Å²) >= 11 is 0. The number of ether oxygens (including phenoxy) is 1. The first-order valence-electron chi connectivity index (χ1n) is 8.11. The normalized spacial score (nSPS) is 10.6. The molecule has 0 aliphatic rings. The van der Waals surface area contributed by atoms with Crippen molar-refractivity contribution in [3.8, 4) is 28.8 Å². The molecule has 0 unspecified atom stereocenters. The van der Waals surface area contributed by atoms with Crippen LogP contribution in [0.5, 0.6) is 5.75 Å². The predicted octanol–water partition coefficient (Wildman–Crippen LogP) is 4.15. The van der Waals surface area contributed by atoms with E-state index in [1.165, 1.54) is 0 Å². The number of benzene rings is 2. The second kappa shape index (κ2) is 6.26. The quantitative estimate of drug-likeness (QED) is 0.607. The Balaban J connectivity index is 1.98. The maximum atomic E-state index is 9.28. The lowest BCUT2D eigenvalue weighted by Crippen LogP contribution is -1.92. The molecule has 0 radical (unpaired) electrons. The monoisotopic (exact) mass is 340 g/mol. The van der Waals surface area contributed by atoms with Gasteiger partial charge in [0, 0.05) is 34.7 Å². The fourth-order valence-electron chi connectivity index (χ4n) is 3.05. The Morgan fingerprint density at radius 2 is 1.88 bits per heavy atom. The van der Waals surface area contributed by atoms with Gasteiger partial charge >= 0.3 is 0 Å². The number of pyridine rings is 1. The summed E-state index contributed by atoms with van der Waals surface area (Å²) in [5.41, 5.74) is 10.9. The Kier molecular flexibility index (Phi) is 3.79. The molecule has 0 spiro atoms. The van der Waals surface area contributed by atoms with Crippen molar-refractivity contribution in [1.82, 2.24) is 9.55 Å². The third kappa shape index (κ3) is 2.64. The van der Waals surface area contributed by atoms with Crippen LogP contribution in [0, 0.1) is 11.3 Å². The van der Waals surface area contributed by atoms with Crippen molar-refractivity contribution in [3.63, 3.8) is 0 Å². The molecule has 2 N–H and O–H groups in total. The van der Waals surface area contributed by atoms with Crippen LogP contribution in [0.15, 0.2) is 67.0 Å². The predicted molar refractivity (Wildman–Crippen MR) is 102 cm³/mol. The highest BCUT2D eigenvalue weighted by Crippen LogP contribution is 2.33. The first-order valence-corrected chi connectivity index (χ1v) is 8.11. The van der Waals surface area contributed by atoms with Crippen molar-refractivity contribution < 1.29 is 4.74 Å². The third-order valence-electron chi connectivity index (χ3n) is 4.34. The Bertz CT molecular complexity index is 1140. The molecule has 26 heavy (non-hydrogen) atoms. The van der Waals surface area contributed by atoms with E-state index >= 15 is 0 Å². The van der Waals surface area contributed by atoms with Crippen molar-refractivity contribution in [1.29, 1.82) is 5.26 Å². The summed E-state index contributed by atoms with van der Waals surface area (Å²) in [6, 6.07) is 19.3. The average molecular weight is 340 g/mol. The second-order valence-electron chi connectivity index (χ2n) is 5.93. The minimum atomic E-state index is 0.607. The lowest BCUT2D eigenvalue weighted by molar-refractivity contribution is 0.415. The largest absolute Gasteiger partial charge is 0.497 e. The minimum absolute atomic E-state index is 0.607. The van der Waals surface area contributed by atoms with Gasteiger partial charge in [-0.3, -0.25) is 4.98 Å². The van der Waals surface area contributed by atoms with Crippen molar-refractivity contribution in [2.75, 3.05) is 12.8 Å². The topological polar surface area (TPSA) is 76.9 Å². The maximum absolute atomic E-state index is 9.28. The van der Waals surface area contributed by atoms with Gasteiger partial charge < -0.3 is 15.0 Å². The zero-order chi connectivity index (χ0) is 18.1. The van der Waals surface area contributed by atoms with Crippen LogP contribution >= 0.6 is 0 Å². The summed E-state index contributed by atoms with van der Waals surface area (Å²) in [5, 5.41) is 10.2. The lowest BCUT2D eigenvalue weighted by atomic mass is 10.1. The highest BCUT2D eigenvalue weighted by atomic mass is 16.5. The number of nitrogens with two attached hydrogens (primary N) is 1. The van der Waals surface area contributed by atoms with Gasteiger partial charge in [-0.2, -0.15) is 5.26 Å². The number of hydrogen-bond acceptors (Lipinski definition) is 4. The molecule has 0 saturated heterocycles. The van der Waals surface area contributed by atoms with Gasteiger partial charge in [-0.05, 0) is 54.6 Å². The lowest BCUT2D eigenvalue weighted by Gasteiger charge is -2.06. The molecule has 4 aromatic rings. The molecule has 0 amide bonds. The van der Waals surface area contributed by atoms with E-state index in [-0.39, 0.29) is 0 Å². The number of rotatable bonds is 3. The molecule has 0 bridgehead atoms. The molecule has 5 nitrogen and oxygen atoms in total. The van der Waals surface area contributed by atoms with Crippen molar-refractivity contribution in [2.24, 2.45) is 0 Å². The molecule has 2 aromatic carbocycles. The van der Waals surface area contributed by atoms with Crippen molar-refractivity contribution >= 4 is 16.6 Å². The Morgan fingerprint density at radius 1 is 1.08 bits per heavy atom. The van der Waals surface area contributed by atoms with Crippen LogP contribution in [0.4, 0.5) is 5.69 Å². The molecule has 126 valence electrons. The van der Waals surface area contributed by atoms with Gasteiger partial charge in [-0.15, -0.1) is 0 Å². The number of nitrogens with zero attached hydrogens (tertiary/aromatic N) is 3. The van der Waals surface area contributed by atoms with E-state index in [0.717, 1.165) is 33.6 Å². The molecule has 0 fully saturated rings. The summed E-state index contributed by atoms with van der Waals surface area (Å²) in [7, 11) is 1.65. The van der Waals surface area contributed by atoms with E-state index in [1.54, 1.807) is 19.4 Å². The third-order valence-corrected chi connectivity index (χ3v) is 4.34. The number of nitrogen functional groups attached to an aromatic ring is 1. The van der Waals surface area contributed by atoms with Crippen LogP contribution < -0.4 is 10.5 Å². The van der Waals surface area contributed by atoms with Gasteiger partial charge in [0.25, 0.3) is 0 Å². The van der Waals surface area contributed by atoms with E-state index in [9.17, 15) is 5.26 Å². The van der Waals surface area contributed by atoms with Crippen LogP contribution in [0.25, 0.3) is 27.8 Å². The van der Waals surface area contributed by atoms with Crippen LogP contribution in [-0.2, 0) is 0 Å². The van der Waals surface area contributed by atoms with Crippen LogP contribution in [-0.4, -0.2) is 16.7 Å². The number of methoxy groups -OCH3 is 1. The molecular weight excluding hydrogens is 324 g/mol. The van der Waals surface area contributed by atoms with E-state index in [4.69, 9.17) is 10.5 Å². The molecule has 4 rings (SSSR count). The van der Waals surface area contributed by atoms with Crippen molar-refractivity contribution in [2.45, 2.75) is 0 Å². The molecule has 5 heteroatoms. The fraction of sp³-hybridized carbons (Fsp3) is 0.0476. The zero-order valence-electron chi connectivity index (χ0n) is 14.2. The number of fused-ring (bicyclic) bond motifs is 1. The molecule has 0 aliphatic heterocycles. The van der Waals surface area contributed by atoms with E-state index in [0.29, 0.717) is 11.3 Å². The highest BCUT2D eigenvalue weighted by Gasteiger charge is 2.13. The van der Waals surface area contributed by atoms with Gasteiger partial charge in [-0.1, -0.05) is 0 Å². The SMILES string of the molecule is COc1ccc(-n2cc(-c3cc(N)ccn3)c3cc(C#N)ccc32)cc1. The second-order valence-corrected chi connectivity index (χ2v) is 5.93. The molecule has 2 heterocycles. The molecule has 0 aliphatic carbocycles. The number of nitriles is 1. The van der Waals surface area contributed by atoms with E-state index < -0.39 is 0 Å². The van der Waals surface area contributed by atoms with E-state index in [2.05, 4.69) is 15.6 Å². The Hall–Kier alpha value is -3.78. The molecule has 0 atom stereocenters. The Labute approximate surface area is 150 Å². The standard InChI is InChI=1S/C21H16N4O/c1-26-17-5-3-16(4-6-17)25-13-19(20-11-15(23)8-9-24-20)18-10-14(12-22)2-7-21(18)25/h2-11,13H,1H3,(H2,23,24). The summed E-state index contributed by atoms with van der Waals surface area (Å²) in [4.78, 5) is 4.45. The van der Waals surface area contributed by atoms with E-state index in [1.807, 2.05) is 54.7 Å². The maximum Gasteiger partial charge on any atom is 0.119 e. The molecular formula is C21H16N4O. The Morgan fingerprint density at radius 3 is 2.58 bits per heavy atom. The van der Waals surface area contributed by atoms with Crippen LogP contribution in [0.1, 0.15) is 5.56 Å². The number of aromatic nitrogens is 2. The fourth-order valence-corrected chi connectivity index (χ4v) is 3.05. The van der Waals surface area contributed by atoms with Crippen LogP contribution in [0.3, 0.4) is 0 Å². The van der Waals surface area contributed by atoms with Gasteiger partial charge in [0.2, 0.25) is 0 Å². The van der Waals surface area contributed by atoms with Gasteiger partial charge in [0.1, 0.15) is 5.75 Å². The number of anilines is 1. The summed E-state index contributed by atoms with van der Waals surface area (Å²) in [5.74, 6) is 0.801. The van der Waals surface area contributed by atoms with Gasteiger partial charge in [-0.25, -0.2) is 0 Å². The van der Waals surface area contributed by atoms with Crippen LogP contribution in [0.2, 0.25) is 0 Å². The average Bonchev–Trinajstić information content (AvgIpc) is 3.06. The molecule has 2 aromatic heterocycles. The summed E-state index contributed by atoms with van der Waals surface area (Å²) < 4.78 is 7.32. The summed E-state index contributed by atoms with van der Waals surface area (Å²) in [6.45, 7) is 0. The minimum Gasteiger partial charge on any atom is -0.497 e. The molecule has 0 saturated carbocycles. The van der Waals surface area contributed by atoms with Gasteiger partial charge in [0.15, 0.2) is 0 Å².